The minimum Gasteiger partial charge on any atom is -0.355 e. The molecule has 18 heavy (non-hydrogen) atoms. The van der Waals surface area contributed by atoms with Crippen molar-refractivity contribution in [3.63, 3.8) is 0 Å². The van der Waals surface area contributed by atoms with E-state index >= 15 is 0 Å². The van der Waals surface area contributed by atoms with Gasteiger partial charge in [-0.25, -0.2) is 4.99 Å². The number of hydrogen-bond acceptors (Lipinski definition) is 5. The van der Waals surface area contributed by atoms with E-state index in [1.165, 1.54) is 0 Å². The van der Waals surface area contributed by atoms with Crippen molar-refractivity contribution in [2.24, 2.45) is 4.99 Å². The third-order valence-corrected chi connectivity index (χ3v) is 3.74. The average molecular weight is 284 g/mol. The Bertz CT molecular complexity index is 522. The van der Waals surface area contributed by atoms with E-state index in [2.05, 4.69) is 9.18 Å². The topological polar surface area (TPSA) is 59.0 Å². The summed E-state index contributed by atoms with van der Waals surface area (Å²) < 4.78 is 62.5. The van der Waals surface area contributed by atoms with E-state index in [1.54, 1.807) is 7.05 Å². The van der Waals surface area contributed by atoms with Gasteiger partial charge in [-0.1, -0.05) is 0 Å². The van der Waals surface area contributed by atoms with E-state index in [0.29, 0.717) is 18.5 Å². The Labute approximate surface area is 102 Å². The molecule has 2 aliphatic rings. The first kappa shape index (κ1) is 13.3. The van der Waals surface area contributed by atoms with Crippen molar-refractivity contribution >= 4 is 16.0 Å². The zero-order chi connectivity index (χ0) is 13.6. The lowest BCUT2D eigenvalue weighted by Gasteiger charge is -2.24. The minimum absolute atomic E-state index is 0.214. The van der Waals surface area contributed by atoms with Crippen LogP contribution < -0.4 is 0 Å². The number of likely N-dealkylation sites (N-methyl/N-ethyl adjacent to an activating group) is 1. The molecule has 0 atom stereocenters. The molecule has 102 valence electrons. The fraction of sp³-hybridized carbons (Fsp3) is 0.667. The highest BCUT2D eigenvalue weighted by molar-refractivity contribution is 7.88. The molecular weight excluding hydrogens is 273 g/mol. The molecule has 0 radical (unpaired) electrons. The summed E-state index contributed by atoms with van der Waals surface area (Å²) in [6.07, 6.45) is 0.661. The lowest BCUT2D eigenvalue weighted by molar-refractivity contribution is -0.0504. The van der Waals surface area contributed by atoms with Crippen LogP contribution in [0, 0.1) is 0 Å². The molecule has 0 fully saturated rings. The van der Waals surface area contributed by atoms with Crippen molar-refractivity contribution in [3.05, 3.63) is 11.1 Å². The molecule has 0 unspecified atom stereocenters. The smallest absolute Gasteiger partial charge is 0.355 e. The van der Waals surface area contributed by atoms with Crippen LogP contribution in [-0.2, 0) is 14.3 Å². The van der Waals surface area contributed by atoms with E-state index in [4.69, 9.17) is 0 Å². The normalized spacial score (nSPS) is 21.9. The zero-order valence-corrected chi connectivity index (χ0v) is 10.3. The van der Waals surface area contributed by atoms with Crippen molar-refractivity contribution in [2.45, 2.75) is 11.9 Å². The summed E-state index contributed by atoms with van der Waals surface area (Å²) in [5.74, 6) is -0.422. The molecule has 2 aliphatic heterocycles. The zero-order valence-electron chi connectivity index (χ0n) is 9.49. The SMILES string of the molecule is CN1CCC2=C(C1)C(OS(=O)(=O)C(F)(F)F)=NC2. The number of hydrogen-bond donors (Lipinski definition) is 0. The fourth-order valence-electron chi connectivity index (χ4n) is 1.82. The van der Waals surface area contributed by atoms with Gasteiger partial charge < -0.3 is 9.08 Å². The van der Waals surface area contributed by atoms with Crippen molar-refractivity contribution in [2.75, 3.05) is 26.7 Å². The summed E-state index contributed by atoms with van der Waals surface area (Å²) >= 11 is 0. The Morgan fingerprint density at radius 2 is 2.06 bits per heavy atom. The highest BCUT2D eigenvalue weighted by Crippen LogP contribution is 2.29. The van der Waals surface area contributed by atoms with E-state index in [-0.39, 0.29) is 6.54 Å². The van der Waals surface area contributed by atoms with E-state index in [9.17, 15) is 21.6 Å². The van der Waals surface area contributed by atoms with Crippen LogP contribution in [0.5, 0.6) is 0 Å². The van der Waals surface area contributed by atoms with Gasteiger partial charge in [0.05, 0.1) is 6.54 Å². The molecule has 0 saturated carbocycles. The Morgan fingerprint density at radius 1 is 1.39 bits per heavy atom. The first-order chi connectivity index (χ1) is 8.21. The molecule has 0 saturated heterocycles. The number of alkyl halides is 3. The quantitative estimate of drug-likeness (QED) is 0.530. The van der Waals surface area contributed by atoms with E-state index in [1.807, 2.05) is 4.90 Å². The van der Waals surface area contributed by atoms with Crippen LogP contribution in [0.4, 0.5) is 13.2 Å². The van der Waals surface area contributed by atoms with Crippen LogP contribution in [0.15, 0.2) is 16.1 Å². The number of rotatable bonds is 1. The second-order valence-electron chi connectivity index (χ2n) is 4.17. The lowest BCUT2D eigenvalue weighted by atomic mass is 10.0. The van der Waals surface area contributed by atoms with Gasteiger partial charge in [-0.05, 0) is 19.0 Å². The predicted octanol–water partition coefficient (Wildman–Crippen LogP) is 0.897. The summed E-state index contributed by atoms with van der Waals surface area (Å²) in [6, 6.07) is 0. The van der Waals surface area contributed by atoms with Crippen LogP contribution in [0.1, 0.15) is 6.42 Å². The summed E-state index contributed by atoms with van der Waals surface area (Å²) in [6.45, 7) is 1.33. The predicted molar refractivity (Wildman–Crippen MR) is 57.5 cm³/mol. The van der Waals surface area contributed by atoms with Crippen molar-refractivity contribution in [1.82, 2.24) is 4.90 Å². The van der Waals surface area contributed by atoms with E-state index < -0.39 is 21.5 Å². The van der Waals surface area contributed by atoms with Crippen molar-refractivity contribution in [3.8, 4) is 0 Å². The lowest BCUT2D eigenvalue weighted by Crippen LogP contribution is -2.33. The highest BCUT2D eigenvalue weighted by atomic mass is 32.2. The molecule has 2 rings (SSSR count). The molecule has 0 spiro atoms. The van der Waals surface area contributed by atoms with Crippen LogP contribution in [-0.4, -0.2) is 51.4 Å². The molecule has 0 aromatic heterocycles. The summed E-state index contributed by atoms with van der Waals surface area (Å²) in [5, 5.41) is 0. The maximum atomic E-state index is 12.2. The molecule has 0 N–H and O–H groups in total. The van der Waals surface area contributed by atoms with Crippen molar-refractivity contribution < 1.29 is 25.8 Å². The molecule has 0 amide bonds. The summed E-state index contributed by atoms with van der Waals surface area (Å²) in [7, 11) is -3.84. The Hall–Kier alpha value is -1.09. The van der Waals surface area contributed by atoms with Gasteiger partial charge in [0.2, 0.25) is 5.90 Å². The maximum absolute atomic E-state index is 12.2. The van der Waals surface area contributed by atoms with Gasteiger partial charge >= 0.3 is 15.6 Å². The Morgan fingerprint density at radius 3 is 2.67 bits per heavy atom. The average Bonchev–Trinajstić information content (AvgIpc) is 2.59. The van der Waals surface area contributed by atoms with Gasteiger partial charge in [0.25, 0.3) is 0 Å². The molecule has 0 bridgehead atoms. The van der Waals surface area contributed by atoms with Crippen molar-refractivity contribution in [1.29, 1.82) is 0 Å². The van der Waals surface area contributed by atoms with E-state index in [0.717, 1.165) is 12.1 Å². The first-order valence-electron chi connectivity index (χ1n) is 5.16. The van der Waals surface area contributed by atoms with Gasteiger partial charge in [-0.15, -0.1) is 0 Å². The second-order valence-corrected chi connectivity index (χ2v) is 5.71. The van der Waals surface area contributed by atoms with Gasteiger partial charge in [0, 0.05) is 18.7 Å². The molecule has 2 heterocycles. The second kappa shape index (κ2) is 4.23. The van der Waals surface area contributed by atoms with Crippen LogP contribution >= 0.6 is 0 Å². The van der Waals surface area contributed by atoms with Crippen LogP contribution in [0.25, 0.3) is 0 Å². The monoisotopic (exact) mass is 284 g/mol. The summed E-state index contributed by atoms with van der Waals surface area (Å²) in [5.41, 5.74) is -4.13. The molecule has 0 aromatic rings. The van der Waals surface area contributed by atoms with Gasteiger partial charge in [-0.3, -0.25) is 0 Å². The maximum Gasteiger partial charge on any atom is 0.534 e. The molecule has 0 aliphatic carbocycles. The van der Waals surface area contributed by atoms with Crippen LogP contribution in [0.3, 0.4) is 0 Å². The third-order valence-electron chi connectivity index (χ3n) is 2.79. The fourth-order valence-corrected chi connectivity index (χ4v) is 2.28. The Kier molecular flexibility index (Phi) is 3.14. The van der Waals surface area contributed by atoms with Gasteiger partial charge in [0.15, 0.2) is 0 Å². The Balaban J connectivity index is 2.20. The molecule has 9 heteroatoms. The van der Waals surface area contributed by atoms with Gasteiger partial charge in [0.1, 0.15) is 0 Å². The largest absolute Gasteiger partial charge is 0.534 e. The number of aliphatic imine (C=N–C) groups is 1. The molecule has 5 nitrogen and oxygen atoms in total. The van der Waals surface area contributed by atoms with Gasteiger partial charge in [-0.2, -0.15) is 21.6 Å². The van der Waals surface area contributed by atoms with Crippen LogP contribution in [0.2, 0.25) is 0 Å². The minimum atomic E-state index is -5.63. The summed E-state index contributed by atoms with van der Waals surface area (Å²) in [4.78, 5) is 5.59. The number of halogens is 3. The molecule has 0 aromatic carbocycles. The molecular formula is C9H11F3N2O3S. The first-order valence-corrected chi connectivity index (χ1v) is 6.56. The third kappa shape index (κ3) is 2.37. The standard InChI is InChI=1S/C9H11F3N2O3S/c1-14-3-2-6-4-13-8(7(6)5-14)17-18(15,16)9(10,11)12/h2-5H2,1H3. The highest BCUT2D eigenvalue weighted by Gasteiger charge is 2.50. The number of nitrogens with zero attached hydrogens (tertiary/aromatic N) is 2.